The Morgan fingerprint density at radius 2 is 2.00 bits per heavy atom. The number of hydrogen-bond acceptors (Lipinski definition) is 3. The molecule has 1 aliphatic rings. The number of carboxylic acids is 1. The van der Waals surface area contributed by atoms with Crippen LogP contribution >= 0.6 is 15.9 Å². The molecule has 0 spiro atoms. The van der Waals surface area contributed by atoms with Crippen LogP contribution in [-0.2, 0) is 9.59 Å². The second-order valence-electron chi connectivity index (χ2n) is 4.87. The third-order valence-corrected chi connectivity index (χ3v) is 3.84. The summed E-state index contributed by atoms with van der Waals surface area (Å²) in [7, 11) is 0. The largest absolute Gasteiger partial charge is 0.481 e. The third-order valence-electron chi connectivity index (χ3n) is 3.42. The molecule has 108 valence electrons. The molecule has 0 aromatic carbocycles. The van der Waals surface area contributed by atoms with E-state index in [0.717, 1.165) is 0 Å². The molecular weight excluding hydrogens is 326 g/mol. The smallest absolute Gasteiger partial charge is 0.306 e. The average Bonchev–Trinajstić information content (AvgIpc) is 2.83. The van der Waals surface area contributed by atoms with Crippen LogP contribution in [0.15, 0.2) is 27.3 Å². The highest BCUT2D eigenvalue weighted by Crippen LogP contribution is 2.24. The molecule has 20 heavy (non-hydrogen) atoms. The van der Waals surface area contributed by atoms with E-state index in [-0.39, 0.29) is 17.9 Å². The molecule has 0 bridgehead atoms. The lowest BCUT2D eigenvalue weighted by Gasteiger charge is -2.26. The van der Waals surface area contributed by atoms with Crippen molar-refractivity contribution in [2.75, 3.05) is 0 Å². The Hall–Kier alpha value is -1.56. The second kappa shape index (κ2) is 6.74. The van der Waals surface area contributed by atoms with Crippen LogP contribution in [0.4, 0.5) is 0 Å². The lowest BCUT2D eigenvalue weighted by molar-refractivity contribution is -0.142. The molecule has 2 N–H and O–H groups in total. The van der Waals surface area contributed by atoms with E-state index in [4.69, 9.17) is 9.52 Å². The van der Waals surface area contributed by atoms with Gasteiger partial charge in [0.25, 0.3) is 0 Å². The van der Waals surface area contributed by atoms with E-state index in [1.54, 1.807) is 18.2 Å². The minimum absolute atomic E-state index is 0.0612. The van der Waals surface area contributed by atoms with Crippen LogP contribution in [0.2, 0.25) is 0 Å². The fraction of sp³-hybridized carbons (Fsp3) is 0.429. The number of nitrogens with one attached hydrogen (secondary N) is 1. The zero-order valence-corrected chi connectivity index (χ0v) is 12.4. The van der Waals surface area contributed by atoms with E-state index < -0.39 is 5.97 Å². The first-order valence-corrected chi connectivity index (χ1v) is 7.30. The lowest BCUT2D eigenvalue weighted by Crippen LogP contribution is -2.37. The summed E-state index contributed by atoms with van der Waals surface area (Å²) in [4.78, 5) is 22.6. The molecule has 1 amide bonds. The fourth-order valence-corrected chi connectivity index (χ4v) is 2.63. The van der Waals surface area contributed by atoms with Gasteiger partial charge in [-0.3, -0.25) is 9.59 Å². The molecule has 6 heteroatoms. The molecule has 1 aromatic heterocycles. The Labute approximate surface area is 125 Å². The summed E-state index contributed by atoms with van der Waals surface area (Å²) in [5.74, 6) is -0.588. The van der Waals surface area contributed by atoms with Gasteiger partial charge in [-0.15, -0.1) is 0 Å². The van der Waals surface area contributed by atoms with Crippen molar-refractivity contribution in [2.24, 2.45) is 5.92 Å². The summed E-state index contributed by atoms with van der Waals surface area (Å²) < 4.78 is 5.86. The van der Waals surface area contributed by atoms with E-state index in [1.165, 1.54) is 6.08 Å². The Balaban J connectivity index is 1.78. The molecule has 1 fully saturated rings. The van der Waals surface area contributed by atoms with Gasteiger partial charge in [0.15, 0.2) is 4.67 Å². The van der Waals surface area contributed by atoms with Gasteiger partial charge in [0.2, 0.25) is 5.91 Å². The van der Waals surface area contributed by atoms with Gasteiger partial charge in [-0.2, -0.15) is 0 Å². The first kappa shape index (κ1) is 14.8. The number of amides is 1. The van der Waals surface area contributed by atoms with Crippen molar-refractivity contribution >= 4 is 33.9 Å². The van der Waals surface area contributed by atoms with Gasteiger partial charge in [0, 0.05) is 12.1 Å². The molecule has 2 rings (SSSR count). The second-order valence-corrected chi connectivity index (χ2v) is 5.65. The van der Waals surface area contributed by atoms with Crippen LogP contribution in [0.3, 0.4) is 0 Å². The van der Waals surface area contributed by atoms with E-state index in [1.807, 2.05) is 0 Å². The SMILES string of the molecule is O=C(/C=C/c1ccc(Br)o1)NC1CCC(C(=O)O)CC1. The molecule has 0 unspecified atom stereocenters. The van der Waals surface area contributed by atoms with Crippen molar-refractivity contribution in [1.82, 2.24) is 5.32 Å². The minimum Gasteiger partial charge on any atom is -0.481 e. The first-order chi connectivity index (χ1) is 9.54. The van der Waals surface area contributed by atoms with Crippen LogP contribution in [0.25, 0.3) is 6.08 Å². The van der Waals surface area contributed by atoms with Gasteiger partial charge >= 0.3 is 5.97 Å². The number of carbonyl (C=O) groups is 2. The van der Waals surface area contributed by atoms with Gasteiger partial charge in [-0.25, -0.2) is 0 Å². The molecule has 1 aliphatic carbocycles. The minimum atomic E-state index is -0.738. The number of halogens is 1. The Morgan fingerprint density at radius 1 is 1.30 bits per heavy atom. The summed E-state index contributed by atoms with van der Waals surface area (Å²) in [5, 5.41) is 11.8. The molecular formula is C14H16BrNO4. The Kier molecular flexibility index (Phi) is 5.00. The van der Waals surface area contributed by atoms with E-state index in [9.17, 15) is 9.59 Å². The van der Waals surface area contributed by atoms with Crippen LogP contribution in [0, 0.1) is 5.92 Å². The quantitative estimate of drug-likeness (QED) is 0.825. The van der Waals surface area contributed by atoms with Crippen LogP contribution in [-0.4, -0.2) is 23.0 Å². The maximum Gasteiger partial charge on any atom is 0.306 e. The molecule has 1 heterocycles. The molecule has 0 saturated heterocycles. The summed E-state index contributed by atoms with van der Waals surface area (Å²) in [5.41, 5.74) is 0. The zero-order valence-electron chi connectivity index (χ0n) is 10.8. The summed E-state index contributed by atoms with van der Waals surface area (Å²) in [6.07, 6.45) is 5.69. The van der Waals surface area contributed by atoms with Crippen molar-refractivity contribution in [1.29, 1.82) is 0 Å². The highest BCUT2D eigenvalue weighted by molar-refractivity contribution is 9.10. The molecule has 0 atom stereocenters. The van der Waals surface area contributed by atoms with E-state index in [2.05, 4.69) is 21.2 Å². The summed E-state index contributed by atoms with van der Waals surface area (Å²) in [6.45, 7) is 0. The molecule has 1 saturated carbocycles. The number of carbonyl (C=O) groups excluding carboxylic acids is 1. The normalized spacial score (nSPS) is 22.9. The number of carboxylic acid groups (broad SMARTS) is 1. The van der Waals surface area contributed by atoms with Crippen LogP contribution in [0.1, 0.15) is 31.4 Å². The highest BCUT2D eigenvalue weighted by Gasteiger charge is 2.26. The molecule has 1 aromatic rings. The number of hydrogen-bond donors (Lipinski definition) is 2. The van der Waals surface area contributed by atoms with E-state index >= 15 is 0 Å². The number of rotatable bonds is 4. The predicted molar refractivity (Wildman–Crippen MR) is 77.0 cm³/mol. The van der Waals surface area contributed by atoms with Crippen molar-refractivity contribution in [3.63, 3.8) is 0 Å². The summed E-state index contributed by atoms with van der Waals surface area (Å²) >= 11 is 3.19. The molecule has 5 nitrogen and oxygen atoms in total. The van der Waals surface area contributed by atoms with Gasteiger partial charge < -0.3 is 14.8 Å². The average molecular weight is 342 g/mol. The fourth-order valence-electron chi connectivity index (χ4n) is 2.31. The van der Waals surface area contributed by atoms with Gasteiger partial charge in [0.1, 0.15) is 5.76 Å². The highest BCUT2D eigenvalue weighted by atomic mass is 79.9. The van der Waals surface area contributed by atoms with E-state index in [0.29, 0.717) is 36.1 Å². The maximum atomic E-state index is 11.7. The zero-order chi connectivity index (χ0) is 14.5. The lowest BCUT2D eigenvalue weighted by atomic mass is 9.86. The topological polar surface area (TPSA) is 79.5 Å². The monoisotopic (exact) mass is 341 g/mol. The van der Waals surface area contributed by atoms with Crippen molar-refractivity contribution in [2.45, 2.75) is 31.7 Å². The van der Waals surface area contributed by atoms with Crippen LogP contribution < -0.4 is 5.32 Å². The van der Waals surface area contributed by atoms with Gasteiger partial charge in [0.05, 0.1) is 5.92 Å². The van der Waals surface area contributed by atoms with Crippen molar-refractivity contribution in [3.05, 3.63) is 28.6 Å². The summed E-state index contributed by atoms with van der Waals surface area (Å²) in [6, 6.07) is 3.57. The Bertz CT molecular complexity index is 515. The maximum absolute atomic E-state index is 11.7. The van der Waals surface area contributed by atoms with Gasteiger partial charge in [-0.1, -0.05) is 0 Å². The number of aliphatic carboxylic acids is 1. The first-order valence-electron chi connectivity index (χ1n) is 6.51. The third kappa shape index (κ3) is 4.23. The Morgan fingerprint density at radius 3 is 2.55 bits per heavy atom. The number of furan rings is 1. The van der Waals surface area contributed by atoms with Crippen molar-refractivity contribution < 1.29 is 19.1 Å². The molecule has 0 radical (unpaired) electrons. The predicted octanol–water partition coefficient (Wildman–Crippen LogP) is 2.81. The standard InChI is InChI=1S/C14H16BrNO4/c15-12-7-5-11(20-12)6-8-13(17)16-10-3-1-9(2-4-10)14(18)19/h5-10H,1-4H2,(H,16,17)(H,18,19)/b8-6+. The molecule has 0 aliphatic heterocycles. The van der Waals surface area contributed by atoms with Crippen molar-refractivity contribution in [3.8, 4) is 0 Å². The van der Waals surface area contributed by atoms with Crippen LogP contribution in [0.5, 0.6) is 0 Å². The van der Waals surface area contributed by atoms with Gasteiger partial charge in [-0.05, 0) is 59.8 Å².